The zero-order valence-corrected chi connectivity index (χ0v) is 9.87. The molecule has 0 aromatic rings. The molecule has 0 radical (unpaired) electrons. The molecule has 1 saturated heterocycles. The van der Waals surface area contributed by atoms with Gasteiger partial charge >= 0.3 is 29.6 Å². The molecule has 16 heavy (non-hydrogen) atoms. The second-order valence-corrected chi connectivity index (χ2v) is 2.85. The molecule has 0 spiro atoms. The molecule has 0 bridgehead atoms. The number of carbonyl (C=O) groups excluding carboxylic acids is 2. The van der Waals surface area contributed by atoms with Crippen molar-refractivity contribution in [2.45, 2.75) is 47.7 Å². The maximum absolute atomic E-state index is 11.0. The number of nitrogens with zero attached hydrogens (tertiary/aromatic N) is 1. The Morgan fingerprint density at radius 1 is 1.44 bits per heavy atom. The van der Waals surface area contributed by atoms with Crippen LogP contribution in [0.25, 0.3) is 0 Å². The fraction of sp³-hybridized carbons (Fsp3) is 0.800. The first kappa shape index (κ1) is 24.9. The largest absolute Gasteiger partial charge is 1.00 e. The fourth-order valence-corrected chi connectivity index (χ4v) is 1.28. The van der Waals surface area contributed by atoms with Crippen LogP contribution >= 0.6 is 0 Å². The van der Waals surface area contributed by atoms with Crippen LogP contribution in [0.5, 0.6) is 0 Å². The van der Waals surface area contributed by atoms with Gasteiger partial charge in [0.1, 0.15) is 0 Å². The van der Waals surface area contributed by atoms with Crippen molar-refractivity contribution < 1.29 is 44.3 Å². The molecule has 0 saturated carbocycles. The molecule has 1 fully saturated rings. The van der Waals surface area contributed by atoms with Gasteiger partial charge in [-0.1, -0.05) is 22.3 Å². The van der Waals surface area contributed by atoms with Crippen LogP contribution in [-0.2, 0) is 9.59 Å². The number of aliphatic carboxylic acids is 1. The van der Waals surface area contributed by atoms with Crippen LogP contribution in [0, 0.1) is 0 Å². The topological polar surface area (TPSA) is 86.2 Å². The van der Waals surface area contributed by atoms with Gasteiger partial charge in [-0.3, -0.25) is 4.79 Å². The molecule has 1 unspecified atom stereocenters. The number of carboxylic acids is 1. The molecule has 0 aromatic heterocycles. The number of hydrogen-bond donors (Lipinski definition) is 1. The second-order valence-electron chi connectivity index (χ2n) is 2.85. The van der Waals surface area contributed by atoms with Gasteiger partial charge in [0, 0.05) is 12.5 Å². The van der Waals surface area contributed by atoms with Crippen LogP contribution in [0.4, 0.5) is 0 Å². The molecule has 1 aliphatic rings. The van der Waals surface area contributed by atoms with Gasteiger partial charge in [0.05, 0.1) is 0 Å². The van der Waals surface area contributed by atoms with E-state index in [2.05, 4.69) is 0 Å². The number of likely N-dealkylation sites (N-methyl/N-ethyl adjacent to an activating group) is 1. The zero-order valence-electron chi connectivity index (χ0n) is 7.87. The number of carboxylic acid groups (broad SMARTS) is 1. The van der Waals surface area contributed by atoms with Crippen LogP contribution in [0.2, 0.25) is 0 Å². The normalized spacial score (nSPS) is 20.6. The maximum atomic E-state index is 11.0. The summed E-state index contributed by atoms with van der Waals surface area (Å²) in [4.78, 5) is 22.5. The summed E-state index contributed by atoms with van der Waals surface area (Å²) >= 11 is 0. The molecule has 1 amide bonds. The number of nitrogens with two attached hydrogens (primary N) is 1. The summed E-state index contributed by atoms with van der Waals surface area (Å²) < 4.78 is 0. The molecule has 1 aliphatic heterocycles. The van der Waals surface area contributed by atoms with Gasteiger partial charge in [-0.2, -0.15) is 0 Å². The fourth-order valence-electron chi connectivity index (χ4n) is 1.28. The molecular weight excluding hydrogens is 219 g/mol. The van der Waals surface area contributed by atoms with E-state index in [0.717, 1.165) is 0 Å². The molecule has 6 heteroatoms. The van der Waals surface area contributed by atoms with Crippen molar-refractivity contribution in [1.82, 2.24) is 4.90 Å². The quantitative estimate of drug-likeness (QED) is 0.419. The number of rotatable bonds is 4. The van der Waals surface area contributed by atoms with E-state index in [1.54, 1.807) is 6.92 Å². The Labute approximate surface area is 121 Å². The van der Waals surface area contributed by atoms with Crippen molar-refractivity contribution in [1.29, 1.82) is 0 Å². The molecule has 1 heterocycles. The van der Waals surface area contributed by atoms with Gasteiger partial charge in [0.25, 0.3) is 5.91 Å². The predicted octanol–water partition coefficient (Wildman–Crippen LogP) is -3.05. The number of hydrogen-bond acceptors (Lipinski definition) is 4. The first-order chi connectivity index (χ1) is 5.52. The van der Waals surface area contributed by atoms with E-state index in [4.69, 9.17) is 5.73 Å². The Bertz CT molecular complexity index is 236. The Kier molecular flexibility index (Phi) is 14.0. The smallest absolute Gasteiger partial charge is 0.550 e. The minimum Gasteiger partial charge on any atom is -0.550 e. The van der Waals surface area contributed by atoms with E-state index in [9.17, 15) is 14.7 Å². The van der Waals surface area contributed by atoms with Gasteiger partial charge in [-0.25, -0.2) is 0 Å². The Morgan fingerprint density at radius 2 is 1.88 bits per heavy atom. The molecule has 1 rings (SSSR count). The average Bonchev–Trinajstić information content (AvgIpc) is 2.52. The van der Waals surface area contributed by atoms with Crippen molar-refractivity contribution in [2.24, 2.45) is 5.73 Å². The van der Waals surface area contributed by atoms with Crippen molar-refractivity contribution >= 4 is 11.9 Å². The van der Waals surface area contributed by atoms with Crippen LogP contribution in [-0.4, -0.2) is 29.0 Å². The van der Waals surface area contributed by atoms with Gasteiger partial charge in [-0.05, 0) is 19.8 Å². The van der Waals surface area contributed by atoms with Crippen molar-refractivity contribution in [2.75, 3.05) is 6.54 Å². The summed E-state index contributed by atoms with van der Waals surface area (Å²) in [5.41, 5.74) is 4.56. The Morgan fingerprint density at radius 3 is 2.12 bits per heavy atom. The zero-order chi connectivity index (χ0) is 9.35. The maximum Gasteiger partial charge on any atom is 1.00 e. The summed E-state index contributed by atoms with van der Waals surface area (Å²) in [5.74, 6) is -1.35. The Hall–Kier alpha value is -0.100. The minimum absolute atomic E-state index is 0. The van der Waals surface area contributed by atoms with Gasteiger partial charge in [0.2, 0.25) is 0 Å². The minimum atomic E-state index is -1.17. The molecule has 2 N–H and O–H groups in total. The summed E-state index contributed by atoms with van der Waals surface area (Å²) in [6.07, 6.45) is -0.0270. The van der Waals surface area contributed by atoms with E-state index < -0.39 is 11.6 Å². The first-order valence-corrected chi connectivity index (χ1v) is 3.83. The SMILES string of the molecule is C.C.C.CCN1C(=O)C1(N)CCC(=O)[O-].[Na+]. The van der Waals surface area contributed by atoms with Crippen LogP contribution in [0.3, 0.4) is 0 Å². The second kappa shape index (κ2) is 8.98. The summed E-state index contributed by atoms with van der Waals surface area (Å²) in [6.45, 7) is 2.33. The van der Waals surface area contributed by atoms with Crippen LogP contribution in [0.15, 0.2) is 0 Å². The number of carbonyl (C=O) groups is 2. The summed E-state index contributed by atoms with van der Waals surface area (Å²) in [6, 6.07) is 0. The van der Waals surface area contributed by atoms with E-state index in [0.29, 0.717) is 6.54 Å². The van der Waals surface area contributed by atoms with Crippen LogP contribution in [0.1, 0.15) is 42.0 Å². The van der Waals surface area contributed by atoms with Crippen molar-refractivity contribution in [3.05, 3.63) is 0 Å². The summed E-state index contributed by atoms with van der Waals surface area (Å²) in [5, 5.41) is 10.1. The van der Waals surface area contributed by atoms with E-state index in [-0.39, 0.29) is 70.6 Å². The van der Waals surface area contributed by atoms with Gasteiger partial charge < -0.3 is 20.5 Å². The van der Waals surface area contributed by atoms with Crippen molar-refractivity contribution in [3.63, 3.8) is 0 Å². The number of amides is 1. The molecule has 1 atom stereocenters. The molecular formula is C10H23N2NaO3. The predicted molar refractivity (Wildman–Crippen MR) is 58.7 cm³/mol. The molecule has 92 valence electrons. The summed E-state index contributed by atoms with van der Waals surface area (Å²) in [7, 11) is 0. The van der Waals surface area contributed by atoms with Gasteiger partial charge in [-0.15, -0.1) is 0 Å². The Balaban J connectivity index is -0.000000180. The van der Waals surface area contributed by atoms with E-state index >= 15 is 0 Å². The molecule has 0 aromatic carbocycles. The third kappa shape index (κ3) is 4.82. The third-order valence-electron chi connectivity index (χ3n) is 2.07. The molecule has 0 aliphatic carbocycles. The molecule has 5 nitrogen and oxygen atoms in total. The monoisotopic (exact) mass is 242 g/mol. The standard InChI is InChI=1S/C7H12N2O3.3CH4.Na/c1-2-9-6(12)7(9,8)4-3-5(10)11;;;;/h2-4,8H2,1H3,(H,10,11);3*1H4;/q;;;;+1/p-1. The van der Waals surface area contributed by atoms with Gasteiger partial charge in [0.15, 0.2) is 5.66 Å². The third-order valence-corrected chi connectivity index (χ3v) is 2.07. The first-order valence-electron chi connectivity index (χ1n) is 3.83. The van der Waals surface area contributed by atoms with E-state index in [1.165, 1.54) is 4.90 Å². The van der Waals surface area contributed by atoms with Crippen molar-refractivity contribution in [3.8, 4) is 0 Å². The van der Waals surface area contributed by atoms with Crippen LogP contribution < -0.4 is 40.4 Å². The average molecular weight is 242 g/mol. The van der Waals surface area contributed by atoms with E-state index in [1.807, 2.05) is 0 Å².